The molecular formula is C20H27FN6OS. The van der Waals surface area contributed by atoms with Crippen molar-refractivity contribution >= 4 is 34.5 Å². The number of aromatic nitrogens is 2. The highest BCUT2D eigenvalue weighted by Gasteiger charge is 2.20. The Morgan fingerprint density at radius 3 is 2.79 bits per heavy atom. The number of aryl methyl sites for hydroxylation is 1. The van der Waals surface area contributed by atoms with Gasteiger partial charge in [-0.05, 0) is 50.9 Å². The molecule has 0 unspecified atom stereocenters. The summed E-state index contributed by atoms with van der Waals surface area (Å²) in [4.78, 5) is 20.2. The number of benzene rings is 1. The van der Waals surface area contributed by atoms with Gasteiger partial charge in [-0.25, -0.2) is 14.2 Å². The van der Waals surface area contributed by atoms with Crippen molar-refractivity contribution in [3.05, 3.63) is 41.0 Å². The molecule has 2 aromatic rings. The second-order valence-corrected chi connectivity index (χ2v) is 7.89. The molecule has 1 fully saturated rings. The number of carbonyl (C=O) groups is 1. The highest BCUT2D eigenvalue weighted by molar-refractivity contribution is 7.09. The monoisotopic (exact) mass is 418 g/mol. The minimum atomic E-state index is -0.235. The number of rotatable bonds is 6. The fourth-order valence-electron chi connectivity index (χ4n) is 3.21. The third-order valence-electron chi connectivity index (χ3n) is 4.92. The summed E-state index contributed by atoms with van der Waals surface area (Å²) in [5, 5.41) is 3.28. The van der Waals surface area contributed by atoms with Crippen molar-refractivity contribution in [1.82, 2.24) is 14.3 Å². The predicted octanol–water partition coefficient (Wildman–Crippen LogP) is 3.48. The molecule has 7 nitrogen and oxygen atoms in total. The quantitative estimate of drug-likeness (QED) is 0.750. The molecule has 1 aromatic carbocycles. The largest absolute Gasteiger partial charge is 0.374 e. The summed E-state index contributed by atoms with van der Waals surface area (Å²) in [7, 11) is 1.94. The number of nitrogens with one attached hydrogen (secondary N) is 1. The maximum Gasteiger partial charge on any atom is 0.323 e. The molecule has 1 saturated heterocycles. The van der Waals surface area contributed by atoms with Crippen LogP contribution in [0.1, 0.15) is 30.7 Å². The molecule has 3 N–H and O–H groups in total. The van der Waals surface area contributed by atoms with E-state index in [0.717, 1.165) is 37.1 Å². The summed E-state index contributed by atoms with van der Waals surface area (Å²) in [6, 6.07) is 5.14. The van der Waals surface area contributed by atoms with Gasteiger partial charge in [0, 0.05) is 49.5 Å². The van der Waals surface area contributed by atoms with Crippen LogP contribution in [0.2, 0.25) is 0 Å². The van der Waals surface area contributed by atoms with Gasteiger partial charge < -0.3 is 15.5 Å². The van der Waals surface area contributed by atoms with Gasteiger partial charge in [0.05, 0.1) is 0 Å². The van der Waals surface area contributed by atoms with E-state index in [2.05, 4.69) is 14.7 Å². The number of likely N-dealkylation sites (tertiary alicyclic amines) is 1. The van der Waals surface area contributed by atoms with Crippen LogP contribution in [0.15, 0.2) is 23.8 Å². The van der Waals surface area contributed by atoms with Gasteiger partial charge >= 0.3 is 6.03 Å². The van der Waals surface area contributed by atoms with Crippen molar-refractivity contribution in [1.29, 1.82) is 0 Å². The smallest absolute Gasteiger partial charge is 0.323 e. The molecule has 0 saturated carbocycles. The van der Waals surface area contributed by atoms with Crippen LogP contribution in [-0.2, 0) is 0 Å². The molecule has 3 rings (SSSR count). The van der Waals surface area contributed by atoms with Crippen LogP contribution in [0.4, 0.5) is 20.0 Å². The maximum atomic E-state index is 14.6. The van der Waals surface area contributed by atoms with Gasteiger partial charge in [-0.1, -0.05) is 11.6 Å². The molecule has 0 aliphatic carbocycles. The number of anilines is 2. The zero-order valence-corrected chi connectivity index (χ0v) is 17.6. The van der Waals surface area contributed by atoms with Crippen molar-refractivity contribution in [2.45, 2.75) is 26.2 Å². The highest BCUT2D eigenvalue weighted by atomic mass is 32.1. The average Bonchev–Trinajstić information content (AvgIpc) is 3.12. The van der Waals surface area contributed by atoms with Crippen molar-refractivity contribution in [2.24, 2.45) is 5.73 Å². The number of halogens is 1. The van der Waals surface area contributed by atoms with E-state index in [-0.39, 0.29) is 11.8 Å². The lowest BCUT2D eigenvalue weighted by molar-refractivity contribution is 0.208. The minimum absolute atomic E-state index is 0.170. The van der Waals surface area contributed by atoms with Gasteiger partial charge in [-0.2, -0.15) is 4.37 Å². The number of carbonyl (C=O) groups excluding carboxylic acids is 1. The molecule has 2 heterocycles. The summed E-state index contributed by atoms with van der Waals surface area (Å²) in [5.41, 5.74) is 8.11. The Morgan fingerprint density at radius 2 is 2.17 bits per heavy atom. The van der Waals surface area contributed by atoms with Crippen LogP contribution in [0.3, 0.4) is 0 Å². The van der Waals surface area contributed by atoms with Crippen LogP contribution in [-0.4, -0.2) is 53.5 Å². The number of nitrogens with zero attached hydrogens (tertiary/aromatic N) is 4. The first-order chi connectivity index (χ1) is 14.0. The number of hydrogen-bond donors (Lipinski definition) is 2. The van der Waals surface area contributed by atoms with Crippen LogP contribution in [0, 0.1) is 12.7 Å². The zero-order chi connectivity index (χ0) is 20.8. The van der Waals surface area contributed by atoms with E-state index in [4.69, 9.17) is 5.73 Å². The second kappa shape index (κ2) is 9.80. The standard InChI is InChI=1S/C20H27FN6OS/c1-14-23-19(29-25-14)24-20(28)27-10-6-15(7-11-27)12-16-4-5-17(13-18(16)21)26(2)9-3-8-22/h4-5,12-13H,3,6-11,22H2,1-2H3,(H,23,24,25,28). The zero-order valence-electron chi connectivity index (χ0n) is 16.8. The molecular weight excluding hydrogens is 391 g/mol. The van der Waals surface area contributed by atoms with Gasteiger partial charge in [0.2, 0.25) is 5.13 Å². The summed E-state index contributed by atoms with van der Waals surface area (Å²) in [5.74, 6) is 0.411. The SMILES string of the molecule is Cc1nsc(NC(=O)N2CCC(=Cc3ccc(N(C)CCCN)cc3F)CC2)n1. The molecule has 2 amide bonds. The first-order valence-corrected chi connectivity index (χ1v) is 10.5. The van der Waals surface area contributed by atoms with Crippen LogP contribution in [0.5, 0.6) is 0 Å². The lowest BCUT2D eigenvalue weighted by atomic mass is 10.0. The molecule has 9 heteroatoms. The number of piperidine rings is 1. The Morgan fingerprint density at radius 1 is 1.41 bits per heavy atom. The van der Waals surface area contributed by atoms with Gasteiger partial charge in [0.25, 0.3) is 0 Å². The van der Waals surface area contributed by atoms with Crippen LogP contribution in [0.25, 0.3) is 6.08 Å². The molecule has 1 aliphatic rings. The summed E-state index contributed by atoms with van der Waals surface area (Å²) >= 11 is 1.17. The van der Waals surface area contributed by atoms with Gasteiger partial charge in [-0.15, -0.1) is 0 Å². The van der Waals surface area contributed by atoms with E-state index in [1.165, 1.54) is 11.5 Å². The van der Waals surface area contributed by atoms with E-state index in [0.29, 0.717) is 36.2 Å². The van der Waals surface area contributed by atoms with Crippen LogP contribution < -0.4 is 16.0 Å². The first-order valence-electron chi connectivity index (χ1n) is 9.72. The fourth-order valence-corrected chi connectivity index (χ4v) is 3.77. The summed E-state index contributed by atoms with van der Waals surface area (Å²) < 4.78 is 18.6. The van der Waals surface area contributed by atoms with Gasteiger partial charge in [0.1, 0.15) is 11.6 Å². The fraction of sp³-hybridized carbons (Fsp3) is 0.450. The highest BCUT2D eigenvalue weighted by Crippen LogP contribution is 2.24. The molecule has 1 aromatic heterocycles. The summed E-state index contributed by atoms with van der Waals surface area (Å²) in [6.45, 7) is 4.39. The predicted molar refractivity (Wildman–Crippen MR) is 116 cm³/mol. The van der Waals surface area contributed by atoms with E-state index in [1.807, 2.05) is 30.2 Å². The topological polar surface area (TPSA) is 87.4 Å². The molecule has 0 radical (unpaired) electrons. The number of urea groups is 1. The van der Waals surface area contributed by atoms with Crippen molar-refractivity contribution in [3.8, 4) is 0 Å². The summed E-state index contributed by atoms with van der Waals surface area (Å²) in [6.07, 6.45) is 4.22. The van der Waals surface area contributed by atoms with E-state index in [9.17, 15) is 9.18 Å². The van der Waals surface area contributed by atoms with Crippen molar-refractivity contribution in [2.75, 3.05) is 43.4 Å². The van der Waals surface area contributed by atoms with E-state index < -0.39 is 0 Å². The molecule has 156 valence electrons. The normalized spacial score (nSPS) is 14.1. The Balaban J connectivity index is 1.56. The maximum absolute atomic E-state index is 14.6. The van der Waals surface area contributed by atoms with Crippen LogP contribution >= 0.6 is 11.5 Å². The molecule has 0 spiro atoms. The third-order valence-corrected chi connectivity index (χ3v) is 5.64. The molecule has 29 heavy (non-hydrogen) atoms. The number of nitrogens with two attached hydrogens (primary N) is 1. The van der Waals surface area contributed by atoms with Crippen molar-refractivity contribution in [3.63, 3.8) is 0 Å². The Kier molecular flexibility index (Phi) is 7.16. The first kappa shape index (κ1) is 21.2. The van der Waals surface area contributed by atoms with Crippen molar-refractivity contribution < 1.29 is 9.18 Å². The Hall–Kier alpha value is -2.52. The molecule has 0 atom stereocenters. The lowest BCUT2D eigenvalue weighted by Crippen LogP contribution is -2.39. The lowest BCUT2D eigenvalue weighted by Gasteiger charge is -2.28. The Labute approximate surface area is 174 Å². The molecule has 0 bridgehead atoms. The third kappa shape index (κ3) is 5.74. The average molecular weight is 419 g/mol. The van der Waals surface area contributed by atoms with E-state index in [1.54, 1.807) is 17.9 Å². The van der Waals surface area contributed by atoms with Gasteiger partial charge in [0.15, 0.2) is 0 Å². The number of amides is 2. The molecule has 1 aliphatic heterocycles. The Bertz CT molecular complexity index is 874. The van der Waals surface area contributed by atoms with Gasteiger partial charge in [-0.3, -0.25) is 5.32 Å². The van der Waals surface area contributed by atoms with E-state index >= 15 is 0 Å². The second-order valence-electron chi connectivity index (χ2n) is 7.14. The number of hydrogen-bond acceptors (Lipinski definition) is 6. The minimum Gasteiger partial charge on any atom is -0.374 e.